The molecule has 1 amide bonds. The number of rotatable bonds is 5. The number of hydrogen-bond acceptors (Lipinski definition) is 5. The summed E-state index contributed by atoms with van der Waals surface area (Å²) in [6.07, 6.45) is -1.37. The molecule has 2 aromatic carbocycles. The number of carbonyl (C=O) groups excluding carboxylic acids is 1. The van der Waals surface area contributed by atoms with Crippen molar-refractivity contribution in [2.75, 3.05) is 10.3 Å². The van der Waals surface area contributed by atoms with E-state index in [0.717, 1.165) is 22.9 Å². The molecule has 0 radical (unpaired) electrons. The van der Waals surface area contributed by atoms with Crippen LogP contribution in [0.15, 0.2) is 48.8 Å². The fourth-order valence-corrected chi connectivity index (χ4v) is 3.31. The minimum absolute atomic E-state index is 0.0425. The van der Waals surface area contributed by atoms with Crippen LogP contribution in [-0.4, -0.2) is 15.7 Å². The molecule has 0 fully saturated rings. The number of hydrogen-bond donors (Lipinski definition) is 3. The molecule has 0 aliphatic carbocycles. The largest absolute Gasteiger partial charge is 0.416 e. The predicted octanol–water partition coefficient (Wildman–Crippen LogP) is 4.25. The summed E-state index contributed by atoms with van der Waals surface area (Å²) in [5.41, 5.74) is 8.96. The highest BCUT2D eigenvalue weighted by Crippen LogP contribution is 2.33. The van der Waals surface area contributed by atoms with Crippen LogP contribution in [0.4, 0.5) is 24.5 Å². The average Bonchev–Trinajstić information content (AvgIpc) is 3.07. The first-order valence-electron chi connectivity index (χ1n) is 9.98. The number of hydrazine groups is 1. The maximum Gasteiger partial charge on any atom is 0.416 e. The second-order valence-corrected chi connectivity index (χ2v) is 7.74. The number of nitrogens with one attached hydrogen (secondary N) is 1. The molecule has 33 heavy (non-hydrogen) atoms. The topological polar surface area (TPSA) is 102 Å². The Kier molecular flexibility index (Phi) is 6.50. The van der Waals surface area contributed by atoms with Crippen molar-refractivity contribution in [3.8, 4) is 0 Å². The average molecular weight is 458 g/mol. The van der Waals surface area contributed by atoms with Gasteiger partial charge in [0.05, 0.1) is 23.1 Å². The first kappa shape index (κ1) is 23.9. The quantitative estimate of drug-likeness (QED) is 0.392. The van der Waals surface area contributed by atoms with Gasteiger partial charge in [-0.15, -0.1) is 0 Å². The molecule has 3 rings (SSSR count). The summed E-state index contributed by atoms with van der Waals surface area (Å²) in [5.74, 6) is 5.62. The number of halogens is 3. The minimum atomic E-state index is -4.51. The van der Waals surface area contributed by atoms with Gasteiger partial charge in [-0.3, -0.25) is 14.5 Å². The normalized spacial score (nSPS) is 12.1. The third kappa shape index (κ3) is 5.17. The molecule has 0 saturated heterocycles. The van der Waals surface area contributed by atoms with Crippen molar-refractivity contribution in [2.24, 2.45) is 18.6 Å². The monoisotopic (exact) mass is 458 g/mol. The van der Waals surface area contributed by atoms with Crippen LogP contribution in [0.25, 0.3) is 5.70 Å². The Balaban J connectivity index is 1.86. The number of alkyl halides is 3. The van der Waals surface area contributed by atoms with Crippen molar-refractivity contribution < 1.29 is 18.0 Å². The van der Waals surface area contributed by atoms with Crippen LogP contribution < -0.4 is 21.9 Å². The van der Waals surface area contributed by atoms with E-state index >= 15 is 0 Å². The van der Waals surface area contributed by atoms with Crippen molar-refractivity contribution in [2.45, 2.75) is 26.9 Å². The fourth-order valence-electron chi connectivity index (χ4n) is 3.31. The van der Waals surface area contributed by atoms with Crippen molar-refractivity contribution in [3.05, 3.63) is 82.3 Å². The molecule has 0 saturated carbocycles. The van der Waals surface area contributed by atoms with Gasteiger partial charge >= 0.3 is 6.18 Å². The zero-order chi connectivity index (χ0) is 24.5. The number of carbonyl (C=O) groups is 1. The van der Waals surface area contributed by atoms with Gasteiger partial charge in [0.25, 0.3) is 5.91 Å². The molecule has 7 nitrogen and oxygen atoms in total. The number of nitrogens with two attached hydrogens (primary N) is 2. The van der Waals surface area contributed by atoms with Crippen LogP contribution in [0, 0.1) is 20.8 Å². The van der Waals surface area contributed by atoms with Gasteiger partial charge in [-0.25, -0.2) is 5.84 Å². The van der Waals surface area contributed by atoms with E-state index in [2.05, 4.69) is 10.4 Å². The van der Waals surface area contributed by atoms with Crippen LogP contribution in [0.1, 0.15) is 38.3 Å². The summed E-state index contributed by atoms with van der Waals surface area (Å²) in [5, 5.41) is 7.96. The van der Waals surface area contributed by atoms with E-state index in [0.29, 0.717) is 11.4 Å². The van der Waals surface area contributed by atoms with Gasteiger partial charge in [0.15, 0.2) is 0 Å². The number of anilines is 2. The van der Waals surface area contributed by atoms with Gasteiger partial charge < -0.3 is 11.1 Å². The van der Waals surface area contributed by atoms with E-state index in [9.17, 15) is 18.0 Å². The lowest BCUT2D eigenvalue weighted by Gasteiger charge is -2.19. The maximum atomic E-state index is 13.2. The van der Waals surface area contributed by atoms with E-state index in [-0.39, 0.29) is 16.8 Å². The molecule has 0 unspecified atom stereocenters. The highest BCUT2D eigenvalue weighted by Gasteiger charge is 2.32. The summed E-state index contributed by atoms with van der Waals surface area (Å²) in [4.78, 5) is 12.7. The van der Waals surface area contributed by atoms with Crippen LogP contribution >= 0.6 is 0 Å². The van der Waals surface area contributed by atoms with E-state index < -0.39 is 17.6 Å². The second-order valence-electron chi connectivity index (χ2n) is 7.74. The molecule has 0 atom stereocenters. The SMILES string of the molecule is Cc1ccc(C(=O)Nc2ccc(C)c(C(F)(F)F)c2)cc1N(N)/C=C(\N)c1cnn(C)c1C. The van der Waals surface area contributed by atoms with Crippen LogP contribution in [0.5, 0.6) is 0 Å². The summed E-state index contributed by atoms with van der Waals surface area (Å²) in [7, 11) is 1.80. The second kappa shape index (κ2) is 8.99. The lowest BCUT2D eigenvalue weighted by Crippen LogP contribution is -2.27. The Hall–Kier alpha value is -3.79. The lowest BCUT2D eigenvalue weighted by atomic mass is 10.1. The summed E-state index contributed by atoms with van der Waals surface area (Å²) >= 11 is 0. The van der Waals surface area contributed by atoms with Gasteiger partial charge in [-0.05, 0) is 56.2 Å². The van der Waals surface area contributed by atoms with Gasteiger partial charge in [-0.1, -0.05) is 12.1 Å². The minimum Gasteiger partial charge on any atom is -0.397 e. The zero-order valence-electron chi connectivity index (χ0n) is 18.7. The van der Waals surface area contributed by atoms with Crippen LogP contribution in [0.3, 0.4) is 0 Å². The first-order valence-corrected chi connectivity index (χ1v) is 9.98. The molecule has 5 N–H and O–H groups in total. The number of amides is 1. The molecule has 174 valence electrons. The highest BCUT2D eigenvalue weighted by atomic mass is 19.4. The standard InChI is InChI=1S/C23H25F3N6O/c1-13-6-8-17(10-19(13)23(24,25)26)30-22(33)16-7-5-14(2)21(9-16)32(28)12-20(27)18-11-29-31(4)15(18)3/h5-12H,27-28H2,1-4H3,(H,30,33)/b20-12-. The fraction of sp³-hybridized carbons (Fsp3) is 0.217. The van der Waals surface area contributed by atoms with Crippen molar-refractivity contribution in [3.63, 3.8) is 0 Å². The van der Waals surface area contributed by atoms with Crippen molar-refractivity contribution >= 4 is 23.0 Å². The van der Waals surface area contributed by atoms with E-state index in [1.165, 1.54) is 30.3 Å². The number of nitrogens with zero attached hydrogens (tertiary/aromatic N) is 3. The predicted molar refractivity (Wildman–Crippen MR) is 122 cm³/mol. The van der Waals surface area contributed by atoms with Crippen LogP contribution in [-0.2, 0) is 13.2 Å². The van der Waals surface area contributed by atoms with Crippen LogP contribution in [0.2, 0.25) is 0 Å². The summed E-state index contributed by atoms with van der Waals surface area (Å²) in [6, 6.07) is 8.46. The van der Waals surface area contributed by atoms with Crippen molar-refractivity contribution in [1.82, 2.24) is 9.78 Å². The molecule has 1 aromatic heterocycles. The molecule has 10 heteroatoms. The molecule has 0 aliphatic rings. The van der Waals surface area contributed by atoms with E-state index in [1.54, 1.807) is 36.1 Å². The van der Waals surface area contributed by atoms with E-state index in [4.69, 9.17) is 11.6 Å². The van der Waals surface area contributed by atoms with Crippen molar-refractivity contribution in [1.29, 1.82) is 0 Å². The third-order valence-corrected chi connectivity index (χ3v) is 5.37. The molecular formula is C23H25F3N6O. The number of aromatic nitrogens is 2. The third-order valence-electron chi connectivity index (χ3n) is 5.37. The Morgan fingerprint density at radius 1 is 1.12 bits per heavy atom. The molecule has 0 spiro atoms. The van der Waals surface area contributed by atoms with Gasteiger partial charge in [0, 0.05) is 35.8 Å². The Bertz CT molecular complexity index is 1230. The lowest BCUT2D eigenvalue weighted by molar-refractivity contribution is -0.138. The maximum absolute atomic E-state index is 13.2. The molecule has 0 bridgehead atoms. The smallest absolute Gasteiger partial charge is 0.397 e. The summed E-state index contributed by atoms with van der Waals surface area (Å²) < 4.78 is 41.2. The van der Waals surface area contributed by atoms with Gasteiger partial charge in [0.1, 0.15) is 0 Å². The van der Waals surface area contributed by atoms with Gasteiger partial charge in [-0.2, -0.15) is 18.3 Å². The number of benzene rings is 2. The molecule has 3 aromatic rings. The Labute approximate surface area is 189 Å². The zero-order valence-corrected chi connectivity index (χ0v) is 18.7. The molecular weight excluding hydrogens is 433 g/mol. The highest BCUT2D eigenvalue weighted by molar-refractivity contribution is 6.05. The molecule has 1 heterocycles. The molecule has 0 aliphatic heterocycles. The Morgan fingerprint density at radius 2 is 1.79 bits per heavy atom. The van der Waals surface area contributed by atoms with Gasteiger partial charge in [0.2, 0.25) is 0 Å². The summed E-state index contributed by atoms with van der Waals surface area (Å²) in [6.45, 7) is 5.05. The Morgan fingerprint density at radius 3 is 2.39 bits per heavy atom. The number of aryl methyl sites for hydroxylation is 3. The first-order chi connectivity index (χ1) is 15.4. The van der Waals surface area contributed by atoms with E-state index in [1.807, 2.05) is 13.8 Å².